The Morgan fingerprint density at radius 1 is 0.250 bits per heavy atom. The van der Waals surface area contributed by atoms with Crippen LogP contribution in [0.2, 0.25) is 0 Å². The Morgan fingerprint density at radius 3 is 0.250 bits per heavy atom. The standard InChI is InChI=1S/8CO.2Pt.2Te/c8*1-2;;;;/q;;;;;;;;2*+2;2*-2. The molecule has 0 aliphatic carbocycles. The zero-order valence-electron chi connectivity index (χ0n) is 8.71. The van der Waals surface area contributed by atoms with Crippen LogP contribution in [0.25, 0.3) is 0 Å². The summed E-state index contributed by atoms with van der Waals surface area (Å²) in [6, 6.07) is 0. The maximum absolute atomic E-state index is 7.50. The van der Waals surface area contributed by atoms with Crippen LogP contribution in [0.4, 0.5) is 0 Å². The van der Waals surface area contributed by atoms with E-state index in [1.165, 1.54) is 0 Å². The van der Waals surface area contributed by atoms with E-state index in [-0.39, 0.29) is 89.5 Å². The molecule has 0 amide bonds. The summed E-state index contributed by atoms with van der Waals surface area (Å²) in [5, 5.41) is 0. The van der Waals surface area contributed by atoms with Crippen molar-refractivity contribution >= 4 is 102 Å². The van der Waals surface area contributed by atoms with E-state index in [2.05, 4.69) is 54.3 Å². The van der Waals surface area contributed by atoms with Crippen LogP contribution >= 0.6 is 0 Å². The first-order valence-corrected chi connectivity index (χ1v) is 1.63. The Balaban J connectivity index is -0.00000000356. The zero-order chi connectivity index (χ0) is 16.0. The molecule has 0 heterocycles. The van der Waals surface area contributed by atoms with Crippen molar-refractivity contribution in [2.75, 3.05) is 0 Å². The summed E-state index contributed by atoms with van der Waals surface area (Å²) in [6.07, 6.45) is 0. The van der Waals surface area contributed by atoms with Crippen molar-refractivity contribution in [2.45, 2.75) is 0 Å². The quantitative estimate of drug-likeness (QED) is 0.226. The molecule has 0 unspecified atom stereocenters. The van der Waals surface area contributed by atoms with Crippen molar-refractivity contribution in [3.05, 3.63) is 0 Å². The molecule has 0 bridgehead atoms. The van der Waals surface area contributed by atoms with Crippen molar-refractivity contribution in [1.29, 1.82) is 0 Å². The minimum Gasteiger partial charge on any atom is -2.00 e. The summed E-state index contributed by atoms with van der Waals surface area (Å²) in [6.45, 7) is 36.0. The number of hydrogen-bond donors (Lipinski definition) is 0. The van der Waals surface area contributed by atoms with Crippen LogP contribution in [0, 0.1) is 0 Å². The summed E-state index contributed by atoms with van der Waals surface area (Å²) in [7, 11) is 0. The SMILES string of the molecule is [C]=O.[C]=O.[C]=O.[C]=O.[C]=O.[C]=O.[C]=O.[C]=O.[Pt+2].[Pt+2].[Te-2].[Te-2]. The van der Waals surface area contributed by atoms with E-state index in [0.717, 1.165) is 0 Å². The molecule has 16 radical (unpaired) electrons. The molecule has 20 heavy (non-hydrogen) atoms. The molecule has 0 aromatic carbocycles. The molecule has 0 fully saturated rings. The molecule has 0 aromatic heterocycles. The van der Waals surface area contributed by atoms with Gasteiger partial charge in [0.05, 0.1) is 0 Å². The number of rotatable bonds is 0. The maximum Gasteiger partial charge on any atom is 2.00 e. The van der Waals surface area contributed by atoms with Crippen LogP contribution in [-0.2, 0) is 80.5 Å². The summed E-state index contributed by atoms with van der Waals surface area (Å²) in [5.41, 5.74) is 0. The third-order valence-corrected chi connectivity index (χ3v) is 0. The molecule has 0 aromatic rings. The van der Waals surface area contributed by atoms with Crippen LogP contribution in [0.15, 0.2) is 0 Å². The second-order valence-electron chi connectivity index (χ2n) is 0. The Bertz CT molecular complexity index is 58.4. The average molecular weight is 869 g/mol. The molecule has 8 nitrogen and oxygen atoms in total. The molecule has 0 atom stereocenters. The maximum atomic E-state index is 7.50. The Morgan fingerprint density at radius 2 is 0.250 bits per heavy atom. The van der Waals surface area contributed by atoms with Gasteiger partial charge >= 0.3 is 42.1 Å². The van der Waals surface area contributed by atoms with Gasteiger partial charge in [0.2, 0.25) is 0 Å². The van der Waals surface area contributed by atoms with E-state index in [9.17, 15) is 0 Å². The van der Waals surface area contributed by atoms with Crippen molar-refractivity contribution < 1.29 is 80.5 Å². The normalized spacial score (nSPS) is 1.60. The van der Waals surface area contributed by atoms with Crippen LogP contribution < -0.4 is 0 Å². The van der Waals surface area contributed by atoms with E-state index in [0.29, 0.717) is 0 Å². The van der Waals surface area contributed by atoms with Gasteiger partial charge in [-0.2, -0.15) is 0 Å². The van der Waals surface area contributed by atoms with Crippen molar-refractivity contribution in [3.63, 3.8) is 0 Å². The van der Waals surface area contributed by atoms with Crippen molar-refractivity contribution in [2.24, 2.45) is 0 Å². The fourth-order valence-corrected chi connectivity index (χ4v) is 0. The molecule has 112 valence electrons. The topological polar surface area (TPSA) is 137 Å². The first kappa shape index (κ1) is 110. The van der Waals surface area contributed by atoms with Crippen LogP contribution in [0.3, 0.4) is 0 Å². The summed E-state index contributed by atoms with van der Waals surface area (Å²) < 4.78 is 0. The summed E-state index contributed by atoms with van der Waals surface area (Å²) in [4.78, 5) is 60.0. The Labute approximate surface area is 180 Å². The van der Waals surface area contributed by atoms with E-state index < -0.39 is 0 Å². The molecule has 12 heteroatoms. The number of hydrogen-bond acceptors (Lipinski definition) is 8. The van der Waals surface area contributed by atoms with E-state index >= 15 is 0 Å². The van der Waals surface area contributed by atoms with Gasteiger partial charge < -0.3 is 47.3 Å². The molecule has 0 saturated carbocycles. The predicted molar refractivity (Wildman–Crippen MR) is 57.1 cm³/mol. The second kappa shape index (κ2) is 65000. The third-order valence-electron chi connectivity index (χ3n) is 0. The fourth-order valence-electron chi connectivity index (χ4n) is 0. The second-order valence-corrected chi connectivity index (χ2v) is 0. The van der Waals surface area contributed by atoms with Crippen LogP contribution in [-0.4, -0.2) is 102 Å². The van der Waals surface area contributed by atoms with Gasteiger partial charge in [0.1, 0.15) is 0 Å². The van der Waals surface area contributed by atoms with Crippen LogP contribution in [0.1, 0.15) is 0 Å². The van der Waals surface area contributed by atoms with Gasteiger partial charge in [-0.05, 0) is 0 Å². The minimum atomic E-state index is 0. The third kappa shape index (κ3) is 55100. The van der Waals surface area contributed by atoms with E-state index in [4.69, 9.17) is 38.4 Å². The van der Waals surface area contributed by atoms with Gasteiger partial charge in [-0.15, -0.1) is 0 Å². The van der Waals surface area contributed by atoms with Crippen LogP contribution in [0.5, 0.6) is 0 Å². The van der Waals surface area contributed by atoms with E-state index in [1.807, 2.05) is 0 Å². The van der Waals surface area contributed by atoms with Gasteiger partial charge in [-0.25, -0.2) is 0 Å². The molecule has 0 aliphatic rings. The molecular formula is C8O8Pt2Te2. The summed E-state index contributed by atoms with van der Waals surface area (Å²) in [5.74, 6) is 0. The first-order chi connectivity index (χ1) is 8.00. The van der Waals surface area contributed by atoms with E-state index in [1.54, 1.807) is 0 Å². The molecule has 0 saturated heterocycles. The first-order valence-electron chi connectivity index (χ1n) is 1.63. The predicted octanol–water partition coefficient (Wildman–Crippen LogP) is -3.94. The largest absolute Gasteiger partial charge is 2.00 e. The van der Waals surface area contributed by atoms with Gasteiger partial charge in [-0.3, -0.25) is 38.4 Å². The summed E-state index contributed by atoms with van der Waals surface area (Å²) >= 11 is 0. The number of carbonyl (C=O) groups excluding carboxylic acids is 8. The minimum absolute atomic E-state index is 0. The Kier molecular flexibility index (Phi) is 356000. The smallest absolute Gasteiger partial charge is 2.00 e. The Hall–Kier alpha value is 0.316. The van der Waals surface area contributed by atoms with Crippen molar-refractivity contribution in [1.82, 2.24) is 0 Å². The molecule has 0 aliphatic heterocycles. The van der Waals surface area contributed by atoms with Crippen molar-refractivity contribution in [3.8, 4) is 0 Å². The fraction of sp³-hybridized carbons (Fsp3) is 0. The van der Waals surface area contributed by atoms with Gasteiger partial charge in [0.25, 0.3) is 54.3 Å². The molecule has 0 rings (SSSR count). The zero-order valence-corrected chi connectivity index (χ0v) is 17.9. The molecular weight excluding hydrogens is 869 g/mol. The molecule has 0 N–H and O–H groups in total. The molecule has 0 spiro atoms. The average Bonchev–Trinajstić information content (AvgIpc) is 2.54. The monoisotopic (exact) mass is 874 g/mol. The van der Waals surface area contributed by atoms with Gasteiger partial charge in [-0.1, -0.05) is 0 Å². The van der Waals surface area contributed by atoms with Gasteiger partial charge in [0, 0.05) is 0 Å². The van der Waals surface area contributed by atoms with Gasteiger partial charge in [0.15, 0.2) is 0 Å².